The minimum absolute atomic E-state index is 0.541. The number of para-hydroxylation sites is 1. The Bertz CT molecular complexity index is 2860. The summed E-state index contributed by atoms with van der Waals surface area (Å²) in [5, 5.41) is 3.48. The molecule has 0 bridgehead atoms. The molecule has 0 aliphatic heterocycles. The molecular weight excluding hydrogens is 617 g/mol. The van der Waals surface area contributed by atoms with Gasteiger partial charge in [-0.05, 0) is 92.9 Å². The number of hydrogen-bond acceptors (Lipinski definition) is 4. The van der Waals surface area contributed by atoms with Gasteiger partial charge >= 0.3 is 0 Å². The highest BCUT2D eigenvalue weighted by atomic mass is 32.1. The Hall–Kier alpha value is -6.10. The first-order valence-corrected chi connectivity index (χ1v) is 17.2. The number of allylic oxidation sites excluding steroid dienone is 1. The van der Waals surface area contributed by atoms with Crippen molar-refractivity contribution in [2.75, 3.05) is 0 Å². The molecule has 0 amide bonds. The van der Waals surface area contributed by atoms with Crippen LogP contribution in [-0.4, -0.2) is 9.97 Å². The van der Waals surface area contributed by atoms with Crippen molar-refractivity contribution in [1.82, 2.24) is 9.97 Å². The van der Waals surface area contributed by atoms with E-state index in [4.69, 9.17) is 14.4 Å². The van der Waals surface area contributed by atoms with Gasteiger partial charge in [-0.1, -0.05) is 122 Å². The molecule has 0 atom stereocenters. The zero-order valence-corrected chi connectivity index (χ0v) is 27.7. The Morgan fingerprint density at radius 1 is 0.633 bits per heavy atom. The monoisotopic (exact) mass is 646 g/mol. The Kier molecular flexibility index (Phi) is 7.03. The SMILES string of the molecule is C=C/C(c1cccc(-c2ccc3oc4nc5cccc(-c6cccc(-c7ccccc7)c6)c5nc4c3c2)c1)=c1/sc2ccccc2/c1=C/C. The lowest BCUT2D eigenvalue weighted by Crippen LogP contribution is -2.21. The number of thiophene rings is 1. The number of nitrogens with zero attached hydrogens (tertiary/aromatic N) is 2. The number of fused-ring (bicyclic) bond motifs is 5. The predicted molar refractivity (Wildman–Crippen MR) is 207 cm³/mol. The van der Waals surface area contributed by atoms with E-state index < -0.39 is 0 Å². The maximum absolute atomic E-state index is 6.27. The van der Waals surface area contributed by atoms with E-state index in [0.717, 1.165) is 66.5 Å². The largest absolute Gasteiger partial charge is 0.436 e. The molecule has 0 aliphatic rings. The molecule has 0 fully saturated rings. The predicted octanol–water partition coefficient (Wildman–Crippen LogP) is 10.9. The molecule has 0 radical (unpaired) electrons. The van der Waals surface area contributed by atoms with Crippen LogP contribution < -0.4 is 9.75 Å². The van der Waals surface area contributed by atoms with Crippen molar-refractivity contribution in [2.24, 2.45) is 0 Å². The third-order valence-electron chi connectivity index (χ3n) is 9.26. The van der Waals surface area contributed by atoms with Crippen LogP contribution in [0.4, 0.5) is 0 Å². The summed E-state index contributed by atoms with van der Waals surface area (Å²) in [7, 11) is 0. The van der Waals surface area contributed by atoms with Gasteiger partial charge in [0.15, 0.2) is 0 Å². The second-order valence-electron chi connectivity index (χ2n) is 12.1. The van der Waals surface area contributed by atoms with Crippen molar-refractivity contribution in [3.63, 3.8) is 0 Å². The van der Waals surface area contributed by atoms with Gasteiger partial charge in [-0.25, -0.2) is 9.97 Å². The molecule has 49 heavy (non-hydrogen) atoms. The van der Waals surface area contributed by atoms with Crippen molar-refractivity contribution >= 4 is 66.3 Å². The van der Waals surface area contributed by atoms with Crippen LogP contribution in [0.2, 0.25) is 0 Å². The Labute approximate surface area is 287 Å². The van der Waals surface area contributed by atoms with E-state index in [-0.39, 0.29) is 0 Å². The molecule has 0 saturated heterocycles. The van der Waals surface area contributed by atoms with Crippen LogP contribution in [0.3, 0.4) is 0 Å². The number of hydrogen-bond donors (Lipinski definition) is 0. The first-order chi connectivity index (χ1) is 24.2. The topological polar surface area (TPSA) is 38.9 Å². The quantitative estimate of drug-likeness (QED) is 0.187. The van der Waals surface area contributed by atoms with Gasteiger partial charge in [0, 0.05) is 20.2 Å². The second-order valence-corrected chi connectivity index (χ2v) is 13.2. The Morgan fingerprint density at radius 2 is 1.37 bits per heavy atom. The van der Waals surface area contributed by atoms with Gasteiger partial charge in [-0.2, -0.15) is 0 Å². The smallest absolute Gasteiger partial charge is 0.246 e. The van der Waals surface area contributed by atoms with Crippen LogP contribution >= 0.6 is 11.3 Å². The second kappa shape index (κ2) is 11.9. The summed E-state index contributed by atoms with van der Waals surface area (Å²) in [4.78, 5) is 10.2. The normalized spacial score (nSPS) is 12.7. The average molecular weight is 647 g/mol. The third-order valence-corrected chi connectivity index (χ3v) is 10.5. The molecule has 3 nitrogen and oxygen atoms in total. The van der Waals surface area contributed by atoms with Crippen molar-refractivity contribution in [3.05, 3.63) is 167 Å². The molecule has 4 heteroatoms. The zero-order chi connectivity index (χ0) is 32.9. The van der Waals surface area contributed by atoms with Crippen molar-refractivity contribution < 1.29 is 4.42 Å². The summed E-state index contributed by atoms with van der Waals surface area (Å²) < 4.78 is 8.78. The van der Waals surface area contributed by atoms with E-state index in [1.54, 1.807) is 0 Å². The van der Waals surface area contributed by atoms with E-state index >= 15 is 0 Å². The van der Waals surface area contributed by atoms with Gasteiger partial charge in [0.05, 0.1) is 11.0 Å². The fourth-order valence-corrected chi connectivity index (χ4v) is 8.19. The summed E-state index contributed by atoms with van der Waals surface area (Å²) in [6, 6.07) is 48.8. The minimum Gasteiger partial charge on any atom is -0.436 e. The number of benzene rings is 6. The number of furan rings is 1. The molecule has 232 valence electrons. The summed E-state index contributed by atoms with van der Waals surface area (Å²) in [6.07, 6.45) is 4.19. The van der Waals surface area contributed by atoms with Crippen LogP contribution in [-0.2, 0) is 0 Å². The Balaban J connectivity index is 1.18. The van der Waals surface area contributed by atoms with Gasteiger partial charge in [-0.3, -0.25) is 0 Å². The lowest BCUT2D eigenvalue weighted by molar-refractivity contribution is 0.655. The lowest BCUT2D eigenvalue weighted by Gasteiger charge is -2.09. The van der Waals surface area contributed by atoms with Gasteiger partial charge in [0.2, 0.25) is 5.71 Å². The highest BCUT2D eigenvalue weighted by Crippen LogP contribution is 2.35. The molecule has 0 unspecified atom stereocenters. The van der Waals surface area contributed by atoms with Gasteiger partial charge < -0.3 is 4.42 Å². The molecule has 9 rings (SSSR count). The van der Waals surface area contributed by atoms with E-state index in [9.17, 15) is 0 Å². The van der Waals surface area contributed by atoms with E-state index in [2.05, 4.69) is 135 Å². The van der Waals surface area contributed by atoms with Crippen LogP contribution in [0.25, 0.3) is 88.3 Å². The fourth-order valence-electron chi connectivity index (χ4n) is 6.89. The molecular formula is C45H30N2OS. The maximum atomic E-state index is 6.27. The van der Waals surface area contributed by atoms with Crippen LogP contribution in [0.15, 0.2) is 157 Å². The first kappa shape index (κ1) is 29.1. The molecule has 0 saturated carbocycles. The highest BCUT2D eigenvalue weighted by molar-refractivity contribution is 7.17. The van der Waals surface area contributed by atoms with Crippen molar-refractivity contribution in [2.45, 2.75) is 6.92 Å². The maximum Gasteiger partial charge on any atom is 0.246 e. The molecule has 0 spiro atoms. The number of rotatable bonds is 5. The molecule has 0 aliphatic carbocycles. The summed E-state index contributed by atoms with van der Waals surface area (Å²) in [5.74, 6) is 0. The first-order valence-electron chi connectivity index (χ1n) is 16.4. The summed E-state index contributed by atoms with van der Waals surface area (Å²) in [6.45, 7) is 6.34. The van der Waals surface area contributed by atoms with E-state index in [1.807, 2.05) is 41.7 Å². The fraction of sp³-hybridized carbons (Fsp3) is 0.0222. The van der Waals surface area contributed by atoms with E-state index in [1.165, 1.54) is 25.4 Å². The summed E-state index contributed by atoms with van der Waals surface area (Å²) >= 11 is 1.81. The minimum atomic E-state index is 0.541. The molecule has 6 aromatic carbocycles. The average Bonchev–Trinajstić information content (AvgIpc) is 3.71. The molecule has 0 N–H and O–H groups in total. The molecule has 3 heterocycles. The lowest BCUT2D eigenvalue weighted by atomic mass is 9.97. The third kappa shape index (κ3) is 4.97. The van der Waals surface area contributed by atoms with Gasteiger partial charge in [0.25, 0.3) is 0 Å². The van der Waals surface area contributed by atoms with Crippen LogP contribution in [0.5, 0.6) is 0 Å². The van der Waals surface area contributed by atoms with E-state index in [0.29, 0.717) is 5.71 Å². The number of aromatic nitrogens is 2. The van der Waals surface area contributed by atoms with Crippen molar-refractivity contribution in [3.8, 4) is 33.4 Å². The van der Waals surface area contributed by atoms with Gasteiger partial charge in [-0.15, -0.1) is 11.3 Å². The van der Waals surface area contributed by atoms with Gasteiger partial charge in [0.1, 0.15) is 11.1 Å². The van der Waals surface area contributed by atoms with Crippen LogP contribution in [0, 0.1) is 0 Å². The van der Waals surface area contributed by atoms with Crippen molar-refractivity contribution in [1.29, 1.82) is 0 Å². The summed E-state index contributed by atoms with van der Waals surface area (Å²) in [5.41, 5.74) is 12.7. The van der Waals surface area contributed by atoms with Crippen LogP contribution in [0.1, 0.15) is 12.5 Å². The molecule has 3 aromatic heterocycles. The molecule has 9 aromatic rings. The zero-order valence-electron chi connectivity index (χ0n) is 26.9. The Morgan fingerprint density at radius 3 is 2.22 bits per heavy atom. The standard InChI is InChI=1S/C45H30N2OS/c1-3-34(44-35(4-2)37-19-8-9-22-41(37)49-44)32-17-11-16-30(26-32)31-23-24-40-38(27-31)43-45(48-40)46-39-21-12-20-36(42(39)47-43)33-18-10-15-29(25-33)28-13-6-5-7-14-28/h3-27H,1H2,2H3/b35-4-,44-34-. The highest BCUT2D eigenvalue weighted by Gasteiger charge is 2.16.